The van der Waals surface area contributed by atoms with Crippen LogP contribution in [0.3, 0.4) is 0 Å². The molecule has 0 aromatic rings. The van der Waals surface area contributed by atoms with Crippen LogP contribution in [0.2, 0.25) is 0 Å². The van der Waals surface area contributed by atoms with E-state index in [2.05, 4.69) is 27.7 Å². The highest BCUT2D eigenvalue weighted by Gasteiger charge is 2.23. The van der Waals surface area contributed by atoms with E-state index in [1.807, 2.05) is 0 Å². The van der Waals surface area contributed by atoms with E-state index in [9.17, 15) is 0 Å². The molecule has 0 N–H and O–H groups in total. The minimum Gasteiger partial charge on any atom is -0.497 e. The predicted molar refractivity (Wildman–Crippen MR) is 233 cm³/mol. The topological polar surface area (TPSA) is 64.6 Å². The molecule has 0 saturated carbocycles. The molecule has 0 aromatic carbocycles. The van der Waals surface area contributed by atoms with Crippen LogP contribution in [0.5, 0.6) is 0 Å². The average molecular weight is 783 g/mol. The van der Waals surface area contributed by atoms with Gasteiger partial charge in [-0.1, -0.05) is 195 Å². The van der Waals surface area contributed by atoms with Crippen molar-refractivity contribution in [2.24, 2.45) is 0 Å². The van der Waals surface area contributed by atoms with Crippen molar-refractivity contribution in [3.05, 3.63) is 23.0 Å². The first-order chi connectivity index (χ1) is 27.1. The lowest BCUT2D eigenvalue weighted by Crippen LogP contribution is -2.24. The van der Waals surface area contributed by atoms with Gasteiger partial charge in [0.1, 0.15) is 23.7 Å². The maximum atomic E-state index is 6.44. The van der Waals surface area contributed by atoms with Gasteiger partial charge in [-0.3, -0.25) is 0 Å². The highest BCUT2D eigenvalue weighted by molar-refractivity contribution is 5.08. The fourth-order valence-corrected chi connectivity index (χ4v) is 7.44. The summed E-state index contributed by atoms with van der Waals surface area (Å²) < 4.78 is 42.8. The van der Waals surface area contributed by atoms with Crippen molar-refractivity contribution in [3.8, 4) is 0 Å². The average Bonchev–Trinajstić information content (AvgIpc) is 3.20. The van der Waals surface area contributed by atoms with Crippen LogP contribution in [0.15, 0.2) is 23.0 Å². The highest BCUT2D eigenvalue weighted by Crippen LogP contribution is 2.26. The molecule has 7 heteroatoms. The van der Waals surface area contributed by atoms with Gasteiger partial charge in [0.05, 0.1) is 28.4 Å². The van der Waals surface area contributed by atoms with Crippen LogP contribution in [0.4, 0.5) is 0 Å². The van der Waals surface area contributed by atoms with Gasteiger partial charge in [0.25, 0.3) is 0 Å². The van der Waals surface area contributed by atoms with Gasteiger partial charge >= 0.3 is 0 Å². The zero-order chi connectivity index (χ0) is 40.5. The van der Waals surface area contributed by atoms with Crippen LogP contribution < -0.4 is 0 Å². The minimum atomic E-state index is -0.222. The second-order valence-corrected chi connectivity index (χ2v) is 15.7. The molecule has 0 saturated heterocycles. The third kappa shape index (κ3) is 30.3. The second kappa shape index (κ2) is 42.2. The molecule has 0 rings (SSSR count). The lowest BCUT2D eigenvalue weighted by atomic mass is 10.0. The first-order valence-electron chi connectivity index (χ1n) is 23.5. The first kappa shape index (κ1) is 53.6. The van der Waals surface area contributed by atoms with Crippen molar-refractivity contribution in [2.45, 2.75) is 245 Å². The molecule has 0 aliphatic heterocycles. The fourth-order valence-electron chi connectivity index (χ4n) is 7.44. The maximum Gasteiger partial charge on any atom is 0.162 e. The summed E-state index contributed by atoms with van der Waals surface area (Å²) in [5, 5.41) is 0. The van der Waals surface area contributed by atoms with Gasteiger partial charge in [-0.25, -0.2) is 0 Å². The maximum absolute atomic E-state index is 6.44. The van der Waals surface area contributed by atoms with Crippen LogP contribution >= 0.6 is 0 Å². The Morgan fingerprint density at radius 3 is 0.873 bits per heavy atom. The summed E-state index contributed by atoms with van der Waals surface area (Å²) in [6.45, 7) is 9.31. The molecule has 2 unspecified atom stereocenters. The van der Waals surface area contributed by atoms with Crippen LogP contribution in [-0.2, 0) is 33.2 Å². The van der Waals surface area contributed by atoms with Crippen molar-refractivity contribution in [1.82, 2.24) is 0 Å². The number of methoxy groups -OCH3 is 4. The van der Waals surface area contributed by atoms with Crippen molar-refractivity contribution in [1.29, 1.82) is 0 Å². The van der Waals surface area contributed by atoms with Gasteiger partial charge in [-0.15, -0.1) is 0 Å². The molecule has 0 fully saturated rings. The summed E-state index contributed by atoms with van der Waals surface area (Å²) in [5.74, 6) is 3.41. The quantitative estimate of drug-likeness (QED) is 0.0346. The van der Waals surface area contributed by atoms with Gasteiger partial charge in [0.2, 0.25) is 0 Å². The highest BCUT2D eigenvalue weighted by atomic mass is 16.7. The van der Waals surface area contributed by atoms with E-state index in [0.717, 1.165) is 74.4 Å². The smallest absolute Gasteiger partial charge is 0.162 e. The Morgan fingerprint density at radius 1 is 0.327 bits per heavy atom. The predicted octanol–water partition coefficient (Wildman–Crippen LogP) is 15.3. The molecular weight excluding hydrogens is 689 g/mol. The Kier molecular flexibility index (Phi) is 41.1. The van der Waals surface area contributed by atoms with Gasteiger partial charge in [-0.05, 0) is 25.7 Å². The molecule has 0 bridgehead atoms. The van der Waals surface area contributed by atoms with Crippen molar-refractivity contribution in [2.75, 3.05) is 42.0 Å². The van der Waals surface area contributed by atoms with E-state index in [4.69, 9.17) is 33.2 Å². The van der Waals surface area contributed by atoms with E-state index >= 15 is 0 Å². The zero-order valence-corrected chi connectivity index (χ0v) is 38.1. The van der Waals surface area contributed by atoms with Gasteiger partial charge in [-0.2, -0.15) is 0 Å². The number of unbranched alkanes of at least 4 members (excludes halogenated alkanes) is 24. The Bertz CT molecular complexity index is 789. The number of hydrogen-bond acceptors (Lipinski definition) is 7. The van der Waals surface area contributed by atoms with Gasteiger partial charge in [0, 0.05) is 12.8 Å². The molecule has 0 spiro atoms. The third-order valence-corrected chi connectivity index (χ3v) is 10.9. The summed E-state index contributed by atoms with van der Waals surface area (Å²) >= 11 is 0. The minimum absolute atomic E-state index is 0.118. The van der Waals surface area contributed by atoms with Crippen LogP contribution in [-0.4, -0.2) is 54.2 Å². The third-order valence-electron chi connectivity index (χ3n) is 10.9. The lowest BCUT2D eigenvalue weighted by molar-refractivity contribution is -0.166. The summed E-state index contributed by atoms with van der Waals surface area (Å²) in [4.78, 5) is 0. The zero-order valence-electron chi connectivity index (χ0n) is 38.1. The molecule has 0 radical (unpaired) electrons. The molecule has 7 nitrogen and oxygen atoms in total. The number of hydrogen-bond donors (Lipinski definition) is 0. The molecule has 0 heterocycles. The van der Waals surface area contributed by atoms with E-state index in [0.29, 0.717) is 0 Å². The molecule has 328 valence electrons. The van der Waals surface area contributed by atoms with Crippen molar-refractivity contribution < 1.29 is 33.2 Å². The summed E-state index contributed by atoms with van der Waals surface area (Å²) in [7, 11) is 7.02. The molecule has 0 aromatic heterocycles. The van der Waals surface area contributed by atoms with E-state index < -0.39 is 0 Å². The normalized spacial score (nSPS) is 13.7. The first-order valence-corrected chi connectivity index (χ1v) is 23.5. The van der Waals surface area contributed by atoms with E-state index in [1.54, 1.807) is 28.4 Å². The van der Waals surface area contributed by atoms with Crippen molar-refractivity contribution in [3.63, 3.8) is 0 Å². The Morgan fingerprint density at radius 2 is 0.600 bits per heavy atom. The summed E-state index contributed by atoms with van der Waals surface area (Å²) in [5.41, 5.74) is 0. The number of allylic oxidation sites excluding steroid dienone is 2. The lowest BCUT2D eigenvalue weighted by Gasteiger charge is -2.24. The van der Waals surface area contributed by atoms with Crippen molar-refractivity contribution >= 4 is 0 Å². The molecule has 2 atom stereocenters. The van der Waals surface area contributed by atoms with Crippen LogP contribution in [0, 0.1) is 0 Å². The molecule has 55 heavy (non-hydrogen) atoms. The molecule has 0 amide bonds. The number of rotatable bonds is 44. The number of ether oxygens (including phenoxy) is 7. The SMILES string of the molecule is CCCCCCCCCCC(OC)=C(OC)C(CCCCCCCC)OCOCOC(CCCCCCCC)C(OC)=C(CCCCCCCCCC)OC. The summed E-state index contributed by atoms with van der Waals surface area (Å²) in [6, 6.07) is 0. The standard InChI is InChI=1S/C48H94O7/c1-9-13-17-21-25-27-31-33-37-43(49-5)47(51-7)45(39-35-29-23-19-15-11-3)54-41-53-42-55-46(40-36-30-24-20-16-12-4)48(52-8)44(50-6)38-34-32-28-26-22-18-14-10-2/h45-46H,9-42H2,1-8H3. The Labute approximate surface area is 342 Å². The molecular formula is C48H94O7. The summed E-state index contributed by atoms with van der Waals surface area (Å²) in [6.07, 6.45) is 38.2. The van der Waals surface area contributed by atoms with Gasteiger partial charge in [0.15, 0.2) is 25.1 Å². The van der Waals surface area contributed by atoms with Crippen LogP contribution in [0.25, 0.3) is 0 Å². The van der Waals surface area contributed by atoms with Crippen LogP contribution in [0.1, 0.15) is 233 Å². The monoisotopic (exact) mass is 783 g/mol. The molecule has 0 aliphatic rings. The molecule has 0 aliphatic carbocycles. The van der Waals surface area contributed by atoms with E-state index in [-0.39, 0.29) is 25.8 Å². The largest absolute Gasteiger partial charge is 0.497 e. The Hall–Kier alpha value is -1.44. The van der Waals surface area contributed by atoms with E-state index in [1.165, 1.54) is 154 Å². The second-order valence-electron chi connectivity index (χ2n) is 15.7. The van der Waals surface area contributed by atoms with Gasteiger partial charge < -0.3 is 33.2 Å². The fraction of sp³-hybridized carbons (Fsp3) is 0.917. The Balaban J connectivity index is 5.51.